The number of carboxylic acids is 1. The summed E-state index contributed by atoms with van der Waals surface area (Å²) in [4.78, 5) is 27.6. The fourth-order valence-corrected chi connectivity index (χ4v) is 5.41. The summed E-state index contributed by atoms with van der Waals surface area (Å²) in [6, 6.07) is 6.17. The van der Waals surface area contributed by atoms with Crippen molar-refractivity contribution in [1.82, 2.24) is 14.7 Å². The first-order chi connectivity index (χ1) is 18.5. The lowest BCUT2D eigenvalue weighted by molar-refractivity contribution is -0.00105. The maximum atomic E-state index is 14.4. The fraction of sp³-hybridized carbons (Fsp3) is 0.464. The molecule has 2 atom stereocenters. The van der Waals surface area contributed by atoms with Gasteiger partial charge in [0.05, 0.1) is 17.8 Å². The first-order valence-electron chi connectivity index (χ1n) is 13.1. The van der Waals surface area contributed by atoms with Crippen LogP contribution in [0.2, 0.25) is 0 Å². The first kappa shape index (κ1) is 27.0. The summed E-state index contributed by atoms with van der Waals surface area (Å²) in [5.41, 5.74) is 1.56. The largest absolute Gasteiger partial charge is 0.478 e. The zero-order valence-corrected chi connectivity index (χ0v) is 21.8. The van der Waals surface area contributed by atoms with E-state index in [0.29, 0.717) is 50.4 Å². The number of allylic oxidation sites excluding steroid dienone is 4. The van der Waals surface area contributed by atoms with Crippen LogP contribution in [0.5, 0.6) is 0 Å². The SMILES string of the molecule is CC(C)n1cc(CN2CCC3(CC2)CN(c2ccc(C(=O)O)cc2)C(=O)O3)c(C2C=CC(F)=C(F)C(F)C2)n1. The van der Waals surface area contributed by atoms with Gasteiger partial charge >= 0.3 is 12.1 Å². The van der Waals surface area contributed by atoms with E-state index in [1.807, 2.05) is 20.0 Å². The monoisotopic (exact) mass is 544 g/mol. The minimum Gasteiger partial charge on any atom is -0.478 e. The number of piperidine rings is 1. The number of halogens is 3. The lowest BCUT2D eigenvalue weighted by atomic mass is 9.90. The molecule has 0 bridgehead atoms. The lowest BCUT2D eigenvalue weighted by Gasteiger charge is -2.37. The number of anilines is 1. The van der Waals surface area contributed by atoms with Crippen LogP contribution in [0.3, 0.4) is 0 Å². The zero-order chi connectivity index (χ0) is 27.9. The number of likely N-dealkylation sites (tertiary alicyclic amines) is 1. The van der Waals surface area contributed by atoms with Crippen LogP contribution < -0.4 is 4.90 Å². The van der Waals surface area contributed by atoms with Gasteiger partial charge in [-0.05, 0) is 50.6 Å². The van der Waals surface area contributed by atoms with Crippen LogP contribution in [0.1, 0.15) is 66.7 Å². The van der Waals surface area contributed by atoms with Crippen LogP contribution in [-0.4, -0.2) is 63.3 Å². The highest BCUT2D eigenvalue weighted by Gasteiger charge is 2.47. The molecule has 2 aliphatic heterocycles. The van der Waals surface area contributed by atoms with Gasteiger partial charge in [0, 0.05) is 61.9 Å². The van der Waals surface area contributed by atoms with Crippen LogP contribution in [0.4, 0.5) is 23.7 Å². The van der Waals surface area contributed by atoms with Gasteiger partial charge in [-0.15, -0.1) is 0 Å². The summed E-state index contributed by atoms with van der Waals surface area (Å²) in [6.07, 6.45) is 2.87. The number of carbonyl (C=O) groups excluding carboxylic acids is 1. The maximum absolute atomic E-state index is 14.4. The number of ether oxygens (including phenoxy) is 1. The van der Waals surface area contributed by atoms with Gasteiger partial charge in [0.2, 0.25) is 0 Å². The van der Waals surface area contributed by atoms with Crippen molar-refractivity contribution in [3.05, 3.63) is 71.1 Å². The first-order valence-corrected chi connectivity index (χ1v) is 13.1. The van der Waals surface area contributed by atoms with E-state index in [-0.39, 0.29) is 18.0 Å². The van der Waals surface area contributed by atoms with Gasteiger partial charge in [0.25, 0.3) is 0 Å². The van der Waals surface area contributed by atoms with Crippen LogP contribution in [0.25, 0.3) is 0 Å². The molecule has 2 fully saturated rings. The molecule has 2 aromatic rings. The van der Waals surface area contributed by atoms with Crippen LogP contribution in [-0.2, 0) is 11.3 Å². The van der Waals surface area contributed by atoms with Gasteiger partial charge < -0.3 is 9.84 Å². The number of nitrogens with zero attached hydrogens (tertiary/aromatic N) is 4. The molecule has 1 amide bonds. The minimum atomic E-state index is -2.03. The summed E-state index contributed by atoms with van der Waals surface area (Å²) in [7, 11) is 0. The quantitative estimate of drug-likeness (QED) is 0.503. The van der Waals surface area contributed by atoms with E-state index < -0.39 is 41.4 Å². The number of alkyl halides is 1. The van der Waals surface area contributed by atoms with Gasteiger partial charge in [-0.1, -0.05) is 6.08 Å². The van der Waals surface area contributed by atoms with Crippen LogP contribution >= 0.6 is 0 Å². The predicted molar refractivity (Wildman–Crippen MR) is 138 cm³/mol. The second-order valence-corrected chi connectivity index (χ2v) is 10.7. The molecule has 1 N–H and O–H groups in total. The number of carbonyl (C=O) groups is 2. The molecule has 0 radical (unpaired) electrons. The maximum Gasteiger partial charge on any atom is 0.415 e. The summed E-state index contributed by atoms with van der Waals surface area (Å²) in [6.45, 7) is 6.12. The topological polar surface area (TPSA) is 87.9 Å². The molecule has 1 spiro atoms. The summed E-state index contributed by atoms with van der Waals surface area (Å²) in [5.74, 6) is -4.17. The molecule has 2 saturated heterocycles. The predicted octanol–water partition coefficient (Wildman–Crippen LogP) is 5.69. The average molecular weight is 545 g/mol. The van der Waals surface area contributed by atoms with Crippen molar-refractivity contribution in [3.8, 4) is 0 Å². The number of hydrogen-bond donors (Lipinski definition) is 1. The Hall–Kier alpha value is -3.60. The molecule has 3 aliphatic rings. The zero-order valence-electron chi connectivity index (χ0n) is 21.8. The molecule has 1 aliphatic carbocycles. The van der Waals surface area contributed by atoms with Crippen molar-refractivity contribution in [1.29, 1.82) is 0 Å². The number of benzene rings is 1. The van der Waals surface area contributed by atoms with Gasteiger partial charge in [-0.25, -0.2) is 22.8 Å². The second-order valence-electron chi connectivity index (χ2n) is 10.7. The van der Waals surface area contributed by atoms with E-state index >= 15 is 0 Å². The van der Waals surface area contributed by atoms with Crippen molar-refractivity contribution in [3.63, 3.8) is 0 Å². The summed E-state index contributed by atoms with van der Waals surface area (Å²) in [5, 5.41) is 13.8. The Morgan fingerprint density at radius 1 is 1.21 bits per heavy atom. The van der Waals surface area contributed by atoms with E-state index in [4.69, 9.17) is 9.84 Å². The van der Waals surface area contributed by atoms with Gasteiger partial charge in [-0.2, -0.15) is 5.10 Å². The van der Waals surface area contributed by atoms with Crippen molar-refractivity contribution >= 4 is 17.7 Å². The van der Waals surface area contributed by atoms with E-state index in [9.17, 15) is 22.8 Å². The molecule has 3 heterocycles. The van der Waals surface area contributed by atoms with E-state index in [1.54, 1.807) is 16.8 Å². The third-order valence-electron chi connectivity index (χ3n) is 7.72. The Balaban J connectivity index is 1.27. The van der Waals surface area contributed by atoms with Crippen LogP contribution in [0, 0.1) is 0 Å². The highest BCUT2D eigenvalue weighted by Crippen LogP contribution is 2.38. The number of amides is 1. The number of rotatable bonds is 6. The molecular weight excluding hydrogens is 513 g/mol. The van der Waals surface area contributed by atoms with Gasteiger partial charge in [0.15, 0.2) is 17.8 Å². The van der Waals surface area contributed by atoms with Gasteiger partial charge in [-0.3, -0.25) is 14.5 Å². The third kappa shape index (κ3) is 5.45. The van der Waals surface area contributed by atoms with Crippen molar-refractivity contribution < 1.29 is 32.6 Å². The molecule has 2 unspecified atom stereocenters. The number of aromatic nitrogens is 2. The fourth-order valence-electron chi connectivity index (χ4n) is 5.41. The summed E-state index contributed by atoms with van der Waals surface area (Å²) >= 11 is 0. The molecule has 1 aromatic heterocycles. The molecule has 11 heteroatoms. The number of carboxylic acid groups (broad SMARTS) is 1. The Morgan fingerprint density at radius 2 is 1.90 bits per heavy atom. The Morgan fingerprint density at radius 3 is 2.54 bits per heavy atom. The molecule has 1 aromatic carbocycles. The molecule has 5 rings (SSSR count). The molecular formula is C28H31F3N4O4. The third-order valence-corrected chi connectivity index (χ3v) is 7.72. The normalized spacial score (nSPS) is 23.5. The van der Waals surface area contributed by atoms with Crippen molar-refractivity contribution in [2.24, 2.45) is 0 Å². The standard InChI is InChI=1S/C28H31F3N4O4/c1-17(2)35-15-20(25(32-35)19-5-8-22(29)24(31)23(30)13-19)14-33-11-9-28(10-12-33)16-34(27(38)39-28)21-6-3-18(4-7-21)26(36)37/h3-8,15,17,19,23H,9-14,16H2,1-2H3,(H,36,37). The van der Waals surface area contributed by atoms with Crippen LogP contribution in [0.15, 0.2) is 54.3 Å². The number of hydrogen-bond acceptors (Lipinski definition) is 5. The van der Waals surface area contributed by atoms with Gasteiger partial charge in [0.1, 0.15) is 5.60 Å². The van der Waals surface area contributed by atoms with E-state index in [1.165, 1.54) is 23.1 Å². The Labute approximate surface area is 224 Å². The highest BCUT2D eigenvalue weighted by molar-refractivity contribution is 5.92. The number of aromatic carboxylic acids is 1. The Kier molecular flexibility index (Phi) is 7.28. The molecule has 208 valence electrons. The second kappa shape index (κ2) is 10.5. The summed E-state index contributed by atoms with van der Waals surface area (Å²) < 4.78 is 49.7. The molecule has 0 saturated carbocycles. The van der Waals surface area contributed by atoms with Crippen molar-refractivity contribution in [2.75, 3.05) is 24.5 Å². The van der Waals surface area contributed by atoms with E-state index in [0.717, 1.165) is 11.6 Å². The van der Waals surface area contributed by atoms with E-state index in [2.05, 4.69) is 10.00 Å². The Bertz CT molecular complexity index is 1310. The minimum absolute atomic E-state index is 0.0538. The van der Waals surface area contributed by atoms with Crippen molar-refractivity contribution in [2.45, 2.75) is 63.4 Å². The molecule has 8 nitrogen and oxygen atoms in total. The molecule has 39 heavy (non-hydrogen) atoms. The smallest absolute Gasteiger partial charge is 0.415 e. The highest BCUT2D eigenvalue weighted by atomic mass is 19.2. The average Bonchev–Trinajstić information content (AvgIpc) is 3.44. The lowest BCUT2D eigenvalue weighted by Crippen LogP contribution is -2.46.